The van der Waals surface area contributed by atoms with Gasteiger partial charge >= 0.3 is 0 Å². The molecule has 4 heterocycles. The van der Waals surface area contributed by atoms with Crippen LogP contribution in [-0.4, -0.2) is 41.8 Å². The molecule has 43 heavy (non-hydrogen) atoms. The van der Waals surface area contributed by atoms with E-state index in [4.69, 9.17) is 0 Å². The summed E-state index contributed by atoms with van der Waals surface area (Å²) >= 11 is 0. The largest absolute Gasteiger partial charge is 0.359 e. The average Bonchev–Trinajstić information content (AvgIpc) is 3.60. The second-order valence-electron chi connectivity index (χ2n) is 12.8. The SMILES string of the molecule is CC1=C(C)N(c2cccc(C3(C)c4cc(N5CN(C)C(C)=C5C)ccc4-n4c5ccccc5c5cccc3c54)c2)CN1C. The van der Waals surface area contributed by atoms with Gasteiger partial charge in [-0.25, -0.2) is 0 Å². The zero-order valence-corrected chi connectivity index (χ0v) is 26.2. The lowest BCUT2D eigenvalue weighted by Gasteiger charge is -2.39. The number of allylic oxidation sites excluding steroid dienone is 4. The number of aromatic nitrogens is 1. The maximum atomic E-state index is 2.51. The van der Waals surface area contributed by atoms with E-state index < -0.39 is 0 Å². The van der Waals surface area contributed by atoms with Crippen LogP contribution in [0, 0.1) is 0 Å². The highest BCUT2D eigenvalue weighted by Gasteiger charge is 2.41. The molecule has 0 saturated carbocycles. The minimum Gasteiger partial charge on any atom is -0.359 e. The number of benzene rings is 4. The Labute approximate surface area is 254 Å². The molecule has 3 aliphatic heterocycles. The highest BCUT2D eigenvalue weighted by atomic mass is 15.4. The number of nitrogens with zero attached hydrogens (tertiary/aromatic N) is 5. The number of hydrogen-bond donors (Lipinski definition) is 0. The van der Waals surface area contributed by atoms with Crippen molar-refractivity contribution in [2.24, 2.45) is 0 Å². The van der Waals surface area contributed by atoms with Crippen LogP contribution >= 0.6 is 0 Å². The van der Waals surface area contributed by atoms with E-state index in [1.807, 2.05) is 0 Å². The molecule has 0 spiro atoms. The zero-order valence-electron chi connectivity index (χ0n) is 26.2. The van der Waals surface area contributed by atoms with Crippen molar-refractivity contribution in [3.8, 4) is 5.69 Å². The molecule has 5 nitrogen and oxygen atoms in total. The van der Waals surface area contributed by atoms with E-state index >= 15 is 0 Å². The summed E-state index contributed by atoms with van der Waals surface area (Å²) in [6.07, 6.45) is 0. The van der Waals surface area contributed by atoms with Crippen LogP contribution in [0.1, 0.15) is 51.3 Å². The summed E-state index contributed by atoms with van der Waals surface area (Å²) in [7, 11) is 4.36. The molecule has 1 unspecified atom stereocenters. The molecule has 1 aromatic heterocycles. The van der Waals surface area contributed by atoms with E-state index in [0.29, 0.717) is 0 Å². The Morgan fingerprint density at radius 3 is 1.88 bits per heavy atom. The topological polar surface area (TPSA) is 17.9 Å². The van der Waals surface area contributed by atoms with Crippen molar-refractivity contribution in [1.82, 2.24) is 14.4 Å². The Bertz CT molecular complexity index is 2040. The van der Waals surface area contributed by atoms with E-state index in [2.05, 4.69) is 158 Å². The molecule has 4 aromatic carbocycles. The number of hydrogen-bond acceptors (Lipinski definition) is 4. The Morgan fingerprint density at radius 2 is 1.21 bits per heavy atom. The maximum Gasteiger partial charge on any atom is 0.0943 e. The van der Waals surface area contributed by atoms with E-state index in [9.17, 15) is 0 Å². The predicted molar refractivity (Wildman–Crippen MR) is 180 cm³/mol. The van der Waals surface area contributed by atoms with Gasteiger partial charge < -0.3 is 24.2 Å². The third kappa shape index (κ3) is 3.39. The first-order valence-electron chi connectivity index (χ1n) is 15.3. The summed E-state index contributed by atoms with van der Waals surface area (Å²) in [4.78, 5) is 9.56. The lowest BCUT2D eigenvalue weighted by molar-refractivity contribution is 0.459. The lowest BCUT2D eigenvalue weighted by atomic mass is 9.68. The van der Waals surface area contributed by atoms with Gasteiger partial charge in [-0.15, -0.1) is 0 Å². The van der Waals surface area contributed by atoms with Gasteiger partial charge in [-0.2, -0.15) is 0 Å². The monoisotopic (exact) mass is 565 g/mol. The fraction of sp³-hybridized carbons (Fsp3) is 0.263. The Balaban J connectivity index is 1.42. The van der Waals surface area contributed by atoms with Crippen molar-refractivity contribution in [3.63, 3.8) is 0 Å². The first kappa shape index (κ1) is 26.0. The fourth-order valence-electron chi connectivity index (χ4n) is 7.74. The van der Waals surface area contributed by atoms with Crippen molar-refractivity contribution in [3.05, 3.63) is 124 Å². The number of para-hydroxylation sites is 2. The molecule has 0 bridgehead atoms. The normalized spacial score (nSPS) is 20.0. The van der Waals surface area contributed by atoms with Gasteiger partial charge in [0.05, 0.1) is 30.1 Å². The first-order chi connectivity index (χ1) is 20.7. The van der Waals surface area contributed by atoms with Crippen LogP contribution in [0.4, 0.5) is 11.4 Å². The number of anilines is 2. The van der Waals surface area contributed by atoms with Gasteiger partial charge in [-0.1, -0.05) is 48.5 Å². The molecule has 0 radical (unpaired) electrons. The van der Waals surface area contributed by atoms with E-state index in [1.165, 1.54) is 78.3 Å². The minimum atomic E-state index is -0.359. The summed E-state index contributed by atoms with van der Waals surface area (Å²) in [6.45, 7) is 13.1. The zero-order chi connectivity index (χ0) is 29.8. The van der Waals surface area contributed by atoms with Crippen molar-refractivity contribution < 1.29 is 0 Å². The summed E-state index contributed by atoms with van der Waals surface area (Å²) in [6, 6.07) is 32.2. The molecule has 5 aromatic rings. The molecule has 0 amide bonds. The van der Waals surface area contributed by atoms with Crippen molar-refractivity contribution >= 4 is 33.2 Å². The Kier molecular flexibility index (Phi) is 5.41. The smallest absolute Gasteiger partial charge is 0.0943 e. The third-order valence-corrected chi connectivity index (χ3v) is 10.7. The summed E-state index contributed by atoms with van der Waals surface area (Å²) in [5, 5.41) is 2.62. The highest BCUT2D eigenvalue weighted by molar-refractivity contribution is 6.11. The average molecular weight is 566 g/mol. The van der Waals surface area contributed by atoms with Crippen LogP contribution in [0.3, 0.4) is 0 Å². The van der Waals surface area contributed by atoms with Gasteiger partial charge in [0.25, 0.3) is 0 Å². The Morgan fingerprint density at radius 1 is 0.581 bits per heavy atom. The van der Waals surface area contributed by atoms with E-state index in [0.717, 1.165) is 13.3 Å². The van der Waals surface area contributed by atoms with Crippen molar-refractivity contribution in [2.75, 3.05) is 37.2 Å². The van der Waals surface area contributed by atoms with E-state index in [1.54, 1.807) is 0 Å². The highest BCUT2D eigenvalue weighted by Crippen LogP contribution is 2.52. The van der Waals surface area contributed by atoms with Gasteiger partial charge in [0.2, 0.25) is 0 Å². The molecule has 1 atom stereocenters. The summed E-state index contributed by atoms with van der Waals surface area (Å²) in [5.74, 6) is 0. The fourth-order valence-corrected chi connectivity index (χ4v) is 7.74. The Hall–Kier alpha value is -4.64. The molecule has 3 aliphatic rings. The molecular weight excluding hydrogens is 526 g/mol. The predicted octanol–water partition coefficient (Wildman–Crippen LogP) is 8.37. The minimum absolute atomic E-state index is 0.359. The summed E-state index contributed by atoms with van der Waals surface area (Å²) < 4.78 is 2.51. The maximum absolute atomic E-state index is 2.51. The van der Waals surface area contributed by atoms with Gasteiger partial charge in [0.1, 0.15) is 0 Å². The van der Waals surface area contributed by atoms with Crippen molar-refractivity contribution in [2.45, 2.75) is 40.0 Å². The molecule has 0 N–H and O–H groups in total. The van der Waals surface area contributed by atoms with Crippen LogP contribution in [0.25, 0.3) is 27.5 Å². The summed E-state index contributed by atoms with van der Waals surface area (Å²) in [5.41, 5.74) is 15.3. The first-order valence-corrected chi connectivity index (χ1v) is 15.3. The van der Waals surface area contributed by atoms with Gasteiger partial charge in [-0.3, -0.25) is 0 Å². The van der Waals surface area contributed by atoms with Gasteiger partial charge in [-0.05, 0) is 87.7 Å². The molecule has 8 rings (SSSR count). The van der Waals surface area contributed by atoms with Crippen LogP contribution < -0.4 is 9.80 Å². The van der Waals surface area contributed by atoms with Crippen molar-refractivity contribution in [1.29, 1.82) is 0 Å². The van der Waals surface area contributed by atoms with Gasteiger partial charge in [0.15, 0.2) is 0 Å². The number of rotatable bonds is 3. The molecule has 0 saturated heterocycles. The second-order valence-corrected chi connectivity index (χ2v) is 12.8. The molecule has 216 valence electrons. The van der Waals surface area contributed by atoms with Crippen LogP contribution in [0.15, 0.2) is 108 Å². The lowest BCUT2D eigenvalue weighted by Crippen LogP contribution is -2.32. The van der Waals surface area contributed by atoms with Gasteiger partial charge in [0, 0.05) is 64.4 Å². The van der Waals surface area contributed by atoms with E-state index in [-0.39, 0.29) is 5.41 Å². The molecular formula is C38H39N5. The van der Waals surface area contributed by atoms with Crippen LogP contribution in [-0.2, 0) is 5.41 Å². The standard InChI is InChI=1S/C38H39N5/c1-24-26(3)41(22-39(24)6)29-13-10-12-28(20-29)38(5)33-16-11-15-32-31-14-8-9-17-35(31)43(37(32)33)36-19-18-30(21-34(36)38)42-23-40(7)25(2)27(42)4/h8-21H,22-23H2,1-7H3. The van der Waals surface area contributed by atoms with Crippen LogP contribution in [0.2, 0.25) is 0 Å². The molecule has 0 aliphatic carbocycles. The number of fused-ring (bicyclic) bond motifs is 5. The second kappa shape index (κ2) is 8.93. The quantitative estimate of drug-likeness (QED) is 0.219. The van der Waals surface area contributed by atoms with Crippen LogP contribution in [0.5, 0.6) is 0 Å². The molecule has 5 heteroatoms. The molecule has 0 fully saturated rings. The third-order valence-electron chi connectivity index (χ3n) is 10.7.